The van der Waals surface area contributed by atoms with Crippen molar-refractivity contribution in [3.05, 3.63) is 0 Å². The Balaban J connectivity index is 0.00000225. The normalized spacial score (nSPS) is 25.9. The van der Waals surface area contributed by atoms with Crippen molar-refractivity contribution in [2.24, 2.45) is 5.73 Å². The molecule has 1 heterocycles. The van der Waals surface area contributed by atoms with Crippen LogP contribution in [-0.2, 0) is 4.74 Å². The van der Waals surface area contributed by atoms with Gasteiger partial charge in [-0.15, -0.1) is 12.4 Å². The molecule has 1 amide bonds. The van der Waals surface area contributed by atoms with Gasteiger partial charge in [0.25, 0.3) is 0 Å². The molecule has 0 aromatic heterocycles. The summed E-state index contributed by atoms with van der Waals surface area (Å²) in [6.07, 6.45) is -0.405. The molecule has 1 rings (SSSR count). The van der Waals surface area contributed by atoms with Gasteiger partial charge in [0.15, 0.2) is 0 Å². The molecule has 16 heavy (non-hydrogen) atoms. The molecule has 6 heteroatoms. The van der Waals surface area contributed by atoms with Gasteiger partial charge < -0.3 is 20.5 Å². The second-order valence-corrected chi connectivity index (χ2v) is 5.03. The van der Waals surface area contributed by atoms with Crippen molar-refractivity contribution in [2.45, 2.75) is 44.9 Å². The summed E-state index contributed by atoms with van der Waals surface area (Å²) in [6.45, 7) is 6.19. The van der Waals surface area contributed by atoms with E-state index in [0.29, 0.717) is 19.5 Å². The maximum Gasteiger partial charge on any atom is 0.410 e. The highest BCUT2D eigenvalue weighted by Crippen LogP contribution is 2.14. The summed E-state index contributed by atoms with van der Waals surface area (Å²) in [5.74, 6) is 0. The van der Waals surface area contributed by atoms with E-state index in [2.05, 4.69) is 0 Å². The van der Waals surface area contributed by atoms with Gasteiger partial charge in [0.2, 0.25) is 0 Å². The molecular weight excluding hydrogens is 232 g/mol. The average molecular weight is 253 g/mol. The van der Waals surface area contributed by atoms with E-state index >= 15 is 0 Å². The van der Waals surface area contributed by atoms with Crippen LogP contribution in [0.1, 0.15) is 27.2 Å². The Bertz CT molecular complexity index is 233. The lowest BCUT2D eigenvalue weighted by Gasteiger charge is -2.35. The molecule has 0 aromatic rings. The summed E-state index contributed by atoms with van der Waals surface area (Å²) in [5, 5.41) is 9.47. The number of aliphatic hydroxyl groups is 1. The van der Waals surface area contributed by atoms with E-state index in [9.17, 15) is 9.90 Å². The van der Waals surface area contributed by atoms with Crippen molar-refractivity contribution in [3.63, 3.8) is 0 Å². The maximum atomic E-state index is 11.6. The monoisotopic (exact) mass is 252 g/mol. The van der Waals surface area contributed by atoms with Gasteiger partial charge in [-0.1, -0.05) is 0 Å². The van der Waals surface area contributed by atoms with Gasteiger partial charge in [0, 0.05) is 12.6 Å². The van der Waals surface area contributed by atoms with E-state index in [0.717, 1.165) is 0 Å². The molecule has 0 unspecified atom stereocenters. The predicted molar refractivity (Wildman–Crippen MR) is 63.7 cm³/mol. The Morgan fingerprint density at radius 1 is 1.44 bits per heavy atom. The summed E-state index contributed by atoms with van der Waals surface area (Å²) in [5.41, 5.74) is 5.20. The van der Waals surface area contributed by atoms with Crippen LogP contribution in [0, 0.1) is 0 Å². The molecule has 0 radical (unpaired) electrons. The van der Waals surface area contributed by atoms with Gasteiger partial charge in [-0.2, -0.15) is 0 Å². The lowest BCUT2D eigenvalue weighted by atomic mass is 10.0. The average Bonchev–Trinajstić information content (AvgIpc) is 1.98. The van der Waals surface area contributed by atoms with Crippen molar-refractivity contribution in [1.29, 1.82) is 0 Å². The van der Waals surface area contributed by atoms with Crippen molar-refractivity contribution < 1.29 is 14.6 Å². The van der Waals surface area contributed by atoms with E-state index in [1.165, 1.54) is 4.90 Å². The smallest absolute Gasteiger partial charge is 0.410 e. The number of carbonyl (C=O) groups excluding carboxylic acids is 1. The zero-order valence-electron chi connectivity index (χ0n) is 9.97. The third-order valence-electron chi connectivity index (χ3n) is 2.11. The number of amides is 1. The Hall–Kier alpha value is -0.520. The molecule has 0 aliphatic carbocycles. The molecule has 2 atom stereocenters. The van der Waals surface area contributed by atoms with Crippen molar-refractivity contribution in [2.75, 3.05) is 13.1 Å². The highest BCUT2D eigenvalue weighted by Gasteiger charge is 2.29. The zero-order chi connectivity index (χ0) is 11.6. The third kappa shape index (κ3) is 5.01. The highest BCUT2D eigenvalue weighted by molar-refractivity contribution is 5.85. The van der Waals surface area contributed by atoms with Gasteiger partial charge >= 0.3 is 6.09 Å². The molecule has 0 bridgehead atoms. The molecule has 1 aliphatic heterocycles. The summed E-state index contributed by atoms with van der Waals surface area (Å²) in [4.78, 5) is 13.1. The number of aliphatic hydroxyl groups excluding tert-OH is 1. The quantitative estimate of drug-likeness (QED) is 0.667. The number of halogens is 1. The number of piperidine rings is 1. The van der Waals surface area contributed by atoms with Crippen LogP contribution in [0.15, 0.2) is 0 Å². The van der Waals surface area contributed by atoms with E-state index in [-0.39, 0.29) is 18.4 Å². The standard InChI is InChI=1S/C10H20N2O3.ClH/c1-10(2,3)15-9(14)12-5-7(11)4-8(13)6-12;/h7-8,13H,4-6,11H2,1-3H3;1H/t7-,8+;/m0./s1. The largest absolute Gasteiger partial charge is 0.444 e. The topological polar surface area (TPSA) is 75.8 Å². The van der Waals surface area contributed by atoms with Crippen LogP contribution in [0.25, 0.3) is 0 Å². The van der Waals surface area contributed by atoms with Crippen molar-refractivity contribution in [1.82, 2.24) is 4.90 Å². The first-order valence-corrected chi connectivity index (χ1v) is 5.19. The zero-order valence-corrected chi connectivity index (χ0v) is 10.8. The number of nitrogens with two attached hydrogens (primary N) is 1. The SMILES string of the molecule is CC(C)(C)OC(=O)N1C[C@@H](N)C[C@@H](O)C1.Cl. The number of carbonyl (C=O) groups is 1. The van der Waals surface area contributed by atoms with Crippen LogP contribution in [-0.4, -0.2) is 46.9 Å². The molecule has 1 saturated heterocycles. The van der Waals surface area contributed by atoms with Gasteiger partial charge in [0.05, 0.1) is 12.6 Å². The molecule has 0 spiro atoms. The molecular formula is C10H21ClN2O3. The summed E-state index contributed by atoms with van der Waals surface area (Å²) in [6, 6.07) is -0.165. The Morgan fingerprint density at radius 3 is 2.44 bits per heavy atom. The lowest BCUT2D eigenvalue weighted by Crippen LogP contribution is -2.52. The lowest BCUT2D eigenvalue weighted by molar-refractivity contribution is 0.000482. The van der Waals surface area contributed by atoms with E-state index in [4.69, 9.17) is 10.5 Å². The fourth-order valence-corrected chi connectivity index (χ4v) is 1.59. The number of nitrogens with zero attached hydrogens (tertiary/aromatic N) is 1. The van der Waals surface area contributed by atoms with Crippen LogP contribution in [0.3, 0.4) is 0 Å². The number of hydrogen-bond acceptors (Lipinski definition) is 4. The minimum atomic E-state index is -0.540. The summed E-state index contributed by atoms with van der Waals surface area (Å²) < 4.78 is 5.19. The summed E-state index contributed by atoms with van der Waals surface area (Å²) >= 11 is 0. The van der Waals surface area contributed by atoms with Crippen molar-refractivity contribution >= 4 is 18.5 Å². The molecule has 1 fully saturated rings. The van der Waals surface area contributed by atoms with Crippen LogP contribution >= 0.6 is 12.4 Å². The first kappa shape index (κ1) is 15.5. The number of β-amino-alcohol motifs (C(OH)–C–C–N with tert-alkyl or cyclic N) is 1. The molecule has 96 valence electrons. The van der Waals surface area contributed by atoms with Crippen LogP contribution < -0.4 is 5.73 Å². The van der Waals surface area contributed by atoms with Crippen LogP contribution in [0.2, 0.25) is 0 Å². The van der Waals surface area contributed by atoms with E-state index < -0.39 is 17.8 Å². The van der Waals surface area contributed by atoms with Crippen LogP contribution in [0.5, 0.6) is 0 Å². The predicted octanol–water partition coefficient (Wildman–Crippen LogP) is 0.737. The van der Waals surface area contributed by atoms with Gasteiger partial charge in [-0.05, 0) is 27.2 Å². The summed E-state index contributed by atoms with van der Waals surface area (Å²) in [7, 11) is 0. The Labute approximate surface area is 102 Å². The number of hydrogen-bond donors (Lipinski definition) is 2. The Kier molecular flexibility index (Phi) is 5.52. The van der Waals surface area contributed by atoms with E-state index in [1.807, 2.05) is 20.8 Å². The van der Waals surface area contributed by atoms with E-state index in [1.54, 1.807) is 0 Å². The molecule has 0 saturated carbocycles. The van der Waals surface area contributed by atoms with Crippen molar-refractivity contribution in [3.8, 4) is 0 Å². The second-order valence-electron chi connectivity index (χ2n) is 5.03. The minimum absolute atomic E-state index is 0. The molecule has 1 aliphatic rings. The minimum Gasteiger partial charge on any atom is -0.444 e. The first-order chi connectivity index (χ1) is 6.78. The van der Waals surface area contributed by atoms with Gasteiger partial charge in [0.1, 0.15) is 5.60 Å². The molecule has 0 aromatic carbocycles. The van der Waals surface area contributed by atoms with Gasteiger partial charge in [-0.3, -0.25) is 0 Å². The second kappa shape index (κ2) is 5.70. The number of rotatable bonds is 0. The Morgan fingerprint density at radius 2 is 2.00 bits per heavy atom. The molecule has 3 N–H and O–H groups in total. The third-order valence-corrected chi connectivity index (χ3v) is 2.11. The fourth-order valence-electron chi connectivity index (χ4n) is 1.59. The van der Waals surface area contributed by atoms with Crippen LogP contribution in [0.4, 0.5) is 4.79 Å². The number of ether oxygens (including phenoxy) is 1. The number of likely N-dealkylation sites (tertiary alicyclic amines) is 1. The fraction of sp³-hybridized carbons (Fsp3) is 0.900. The maximum absolute atomic E-state index is 11.6. The van der Waals surface area contributed by atoms with Gasteiger partial charge in [-0.25, -0.2) is 4.79 Å². The first-order valence-electron chi connectivity index (χ1n) is 5.19. The highest BCUT2D eigenvalue weighted by atomic mass is 35.5. The molecule has 5 nitrogen and oxygen atoms in total.